The van der Waals surface area contributed by atoms with Crippen molar-refractivity contribution in [2.45, 2.75) is 45.1 Å². The summed E-state index contributed by atoms with van der Waals surface area (Å²) in [6.45, 7) is 2.70. The fourth-order valence-electron chi connectivity index (χ4n) is 3.76. The molecular weight excluding hydrogens is 430 g/mol. The van der Waals surface area contributed by atoms with Crippen molar-refractivity contribution in [3.8, 4) is 0 Å². The number of amides is 1. The highest BCUT2D eigenvalue weighted by molar-refractivity contribution is 9.10. The van der Waals surface area contributed by atoms with Crippen LogP contribution in [0.2, 0.25) is 0 Å². The van der Waals surface area contributed by atoms with Gasteiger partial charge in [-0.05, 0) is 56.7 Å². The molecule has 0 radical (unpaired) electrons. The van der Waals surface area contributed by atoms with E-state index >= 15 is 0 Å². The van der Waals surface area contributed by atoms with Crippen LogP contribution in [0, 0.1) is 12.8 Å². The van der Waals surface area contributed by atoms with E-state index in [0.717, 1.165) is 48.0 Å². The SMILES string of the molecule is Cc1cnc(NC2CCC(C(=O)NCCc3ccc(Br)cc3)CC2)nc1N(C)C. The van der Waals surface area contributed by atoms with Gasteiger partial charge in [-0.3, -0.25) is 4.79 Å². The number of aryl methyl sites for hydroxylation is 1. The second kappa shape index (κ2) is 10.1. The molecule has 29 heavy (non-hydrogen) atoms. The highest BCUT2D eigenvalue weighted by atomic mass is 79.9. The van der Waals surface area contributed by atoms with Gasteiger partial charge in [0.15, 0.2) is 0 Å². The first-order valence-corrected chi connectivity index (χ1v) is 11.0. The molecule has 1 aliphatic carbocycles. The molecule has 0 saturated heterocycles. The predicted molar refractivity (Wildman–Crippen MR) is 121 cm³/mol. The van der Waals surface area contributed by atoms with Crippen molar-refractivity contribution in [3.63, 3.8) is 0 Å². The lowest BCUT2D eigenvalue weighted by Crippen LogP contribution is -2.37. The van der Waals surface area contributed by atoms with Crippen LogP contribution in [0.1, 0.15) is 36.8 Å². The molecule has 1 amide bonds. The van der Waals surface area contributed by atoms with Crippen LogP contribution in [0.25, 0.3) is 0 Å². The van der Waals surface area contributed by atoms with Crippen LogP contribution in [0.15, 0.2) is 34.9 Å². The number of benzene rings is 1. The van der Waals surface area contributed by atoms with Crippen molar-refractivity contribution in [3.05, 3.63) is 46.1 Å². The Labute approximate surface area is 181 Å². The maximum absolute atomic E-state index is 12.5. The van der Waals surface area contributed by atoms with Gasteiger partial charge in [0.25, 0.3) is 0 Å². The third kappa shape index (κ3) is 6.16. The number of aromatic nitrogens is 2. The first-order chi connectivity index (χ1) is 13.9. The average Bonchev–Trinajstić information content (AvgIpc) is 2.71. The second-order valence-electron chi connectivity index (χ2n) is 7.96. The number of anilines is 2. The van der Waals surface area contributed by atoms with E-state index in [4.69, 9.17) is 0 Å². The smallest absolute Gasteiger partial charge is 0.224 e. The Morgan fingerprint density at radius 3 is 2.52 bits per heavy atom. The van der Waals surface area contributed by atoms with Gasteiger partial charge in [0.2, 0.25) is 11.9 Å². The monoisotopic (exact) mass is 459 g/mol. The molecule has 2 N–H and O–H groups in total. The molecule has 156 valence electrons. The van der Waals surface area contributed by atoms with Crippen LogP contribution in [0.3, 0.4) is 0 Å². The Bertz CT molecular complexity index is 816. The number of halogens is 1. The molecule has 0 unspecified atom stereocenters. The number of hydrogen-bond donors (Lipinski definition) is 2. The molecule has 1 heterocycles. The summed E-state index contributed by atoms with van der Waals surface area (Å²) in [4.78, 5) is 23.5. The van der Waals surface area contributed by atoms with E-state index in [1.807, 2.05) is 44.2 Å². The Kier molecular flexibility index (Phi) is 7.47. The van der Waals surface area contributed by atoms with Gasteiger partial charge in [0.1, 0.15) is 5.82 Å². The van der Waals surface area contributed by atoms with Crippen molar-refractivity contribution in [2.75, 3.05) is 30.9 Å². The summed E-state index contributed by atoms with van der Waals surface area (Å²) in [6.07, 6.45) is 6.42. The number of rotatable bonds is 7. The quantitative estimate of drug-likeness (QED) is 0.655. The van der Waals surface area contributed by atoms with E-state index in [-0.39, 0.29) is 11.8 Å². The van der Waals surface area contributed by atoms with Gasteiger partial charge in [-0.2, -0.15) is 4.98 Å². The molecule has 0 aliphatic heterocycles. The molecule has 6 nitrogen and oxygen atoms in total. The lowest BCUT2D eigenvalue weighted by Gasteiger charge is -2.28. The van der Waals surface area contributed by atoms with Crippen LogP contribution in [0.5, 0.6) is 0 Å². The molecular formula is C22H30BrN5O. The zero-order valence-electron chi connectivity index (χ0n) is 17.4. The standard InChI is InChI=1S/C22H30BrN5O/c1-15-14-25-22(27-20(15)28(2)3)26-19-10-6-17(7-11-19)21(29)24-13-12-16-4-8-18(23)9-5-16/h4-5,8-9,14,17,19H,6-7,10-13H2,1-3H3,(H,24,29)(H,25,26,27). The largest absolute Gasteiger partial charge is 0.362 e. The maximum atomic E-state index is 12.5. The molecule has 1 aromatic carbocycles. The Hall–Kier alpha value is -2.15. The van der Waals surface area contributed by atoms with Crippen molar-refractivity contribution < 1.29 is 4.79 Å². The van der Waals surface area contributed by atoms with Crippen LogP contribution in [-0.4, -0.2) is 42.6 Å². The topological polar surface area (TPSA) is 70.1 Å². The van der Waals surface area contributed by atoms with Crippen molar-refractivity contribution in [2.24, 2.45) is 5.92 Å². The van der Waals surface area contributed by atoms with Gasteiger partial charge in [0, 0.05) is 48.8 Å². The number of hydrogen-bond acceptors (Lipinski definition) is 5. The highest BCUT2D eigenvalue weighted by Crippen LogP contribution is 2.26. The van der Waals surface area contributed by atoms with Gasteiger partial charge >= 0.3 is 0 Å². The van der Waals surface area contributed by atoms with E-state index < -0.39 is 0 Å². The van der Waals surface area contributed by atoms with Gasteiger partial charge in [-0.1, -0.05) is 28.1 Å². The summed E-state index contributed by atoms with van der Waals surface area (Å²) in [5.41, 5.74) is 2.29. The van der Waals surface area contributed by atoms with E-state index in [1.54, 1.807) is 0 Å². The van der Waals surface area contributed by atoms with Crippen LogP contribution in [-0.2, 0) is 11.2 Å². The summed E-state index contributed by atoms with van der Waals surface area (Å²) >= 11 is 3.44. The van der Waals surface area contributed by atoms with Gasteiger partial charge in [-0.15, -0.1) is 0 Å². The molecule has 1 fully saturated rings. The zero-order valence-corrected chi connectivity index (χ0v) is 19.0. The lowest BCUT2D eigenvalue weighted by atomic mass is 9.85. The number of nitrogens with zero attached hydrogens (tertiary/aromatic N) is 3. The Morgan fingerprint density at radius 2 is 1.86 bits per heavy atom. The van der Waals surface area contributed by atoms with Crippen LogP contribution >= 0.6 is 15.9 Å². The summed E-state index contributed by atoms with van der Waals surface area (Å²) in [7, 11) is 3.97. The summed E-state index contributed by atoms with van der Waals surface area (Å²) in [5.74, 6) is 1.89. The third-order valence-corrected chi connectivity index (χ3v) is 5.95. The molecule has 1 saturated carbocycles. The Morgan fingerprint density at radius 1 is 1.17 bits per heavy atom. The summed E-state index contributed by atoms with van der Waals surface area (Å²) < 4.78 is 1.07. The maximum Gasteiger partial charge on any atom is 0.224 e. The van der Waals surface area contributed by atoms with Gasteiger partial charge < -0.3 is 15.5 Å². The fraction of sp³-hybridized carbons (Fsp3) is 0.500. The van der Waals surface area contributed by atoms with Crippen LogP contribution in [0.4, 0.5) is 11.8 Å². The van der Waals surface area contributed by atoms with E-state index in [1.165, 1.54) is 5.56 Å². The normalized spacial score (nSPS) is 18.9. The fourth-order valence-corrected chi connectivity index (χ4v) is 4.03. The molecule has 1 aliphatic rings. The Balaban J connectivity index is 1.42. The van der Waals surface area contributed by atoms with E-state index in [2.05, 4.69) is 48.7 Å². The highest BCUT2D eigenvalue weighted by Gasteiger charge is 2.26. The van der Waals surface area contributed by atoms with Crippen molar-refractivity contribution in [1.29, 1.82) is 0 Å². The molecule has 1 aromatic heterocycles. The van der Waals surface area contributed by atoms with Gasteiger partial charge in [0.05, 0.1) is 0 Å². The van der Waals surface area contributed by atoms with E-state index in [0.29, 0.717) is 18.5 Å². The molecule has 2 aromatic rings. The first kappa shape index (κ1) is 21.6. The van der Waals surface area contributed by atoms with Crippen molar-refractivity contribution >= 4 is 33.6 Å². The lowest BCUT2D eigenvalue weighted by molar-refractivity contribution is -0.125. The molecule has 0 atom stereocenters. The number of carbonyl (C=O) groups excluding carboxylic acids is 1. The van der Waals surface area contributed by atoms with Crippen molar-refractivity contribution in [1.82, 2.24) is 15.3 Å². The molecule has 7 heteroatoms. The minimum atomic E-state index is 0.106. The summed E-state index contributed by atoms with van der Waals surface area (Å²) in [6, 6.07) is 8.55. The molecule has 3 rings (SSSR count). The first-order valence-electron chi connectivity index (χ1n) is 10.2. The minimum absolute atomic E-state index is 0.106. The summed E-state index contributed by atoms with van der Waals surface area (Å²) in [5, 5.41) is 6.55. The molecule has 0 spiro atoms. The van der Waals surface area contributed by atoms with E-state index in [9.17, 15) is 4.79 Å². The zero-order chi connectivity index (χ0) is 20.8. The minimum Gasteiger partial charge on any atom is -0.362 e. The molecule has 0 bridgehead atoms. The number of nitrogens with one attached hydrogen (secondary N) is 2. The van der Waals surface area contributed by atoms with Crippen LogP contribution < -0.4 is 15.5 Å². The van der Waals surface area contributed by atoms with Gasteiger partial charge in [-0.25, -0.2) is 4.98 Å². The second-order valence-corrected chi connectivity index (χ2v) is 8.87. The number of carbonyl (C=O) groups is 1. The average molecular weight is 460 g/mol. The third-order valence-electron chi connectivity index (χ3n) is 5.43. The predicted octanol–water partition coefficient (Wildman–Crippen LogP) is 3.94.